The number of amides is 5. The van der Waals surface area contributed by atoms with Crippen molar-refractivity contribution < 1.29 is 28.7 Å². The molecule has 1 aliphatic heterocycles. The molecule has 3 atom stereocenters. The number of alkyl carbamates (subject to hydrolysis) is 1. The number of carbonyl (C=O) groups excluding carboxylic acids is 5. The maximum absolute atomic E-state index is 13.6. The third-order valence-electron chi connectivity index (χ3n) is 5.93. The number of ether oxygens (including phenoxy) is 1. The zero-order valence-corrected chi connectivity index (χ0v) is 21.9. The average molecular weight is 504 g/mol. The summed E-state index contributed by atoms with van der Waals surface area (Å²) in [4.78, 5) is 64.2. The molecule has 1 saturated heterocycles. The van der Waals surface area contributed by atoms with Gasteiger partial charge in [-0.2, -0.15) is 0 Å². The van der Waals surface area contributed by atoms with Gasteiger partial charge in [0.1, 0.15) is 28.8 Å². The van der Waals surface area contributed by atoms with Crippen molar-refractivity contribution in [2.75, 3.05) is 6.54 Å². The van der Waals surface area contributed by atoms with Crippen LogP contribution in [0.25, 0.3) is 0 Å². The predicted octanol–water partition coefficient (Wildman–Crippen LogP) is 0.608. The van der Waals surface area contributed by atoms with Crippen molar-refractivity contribution in [3.8, 4) is 0 Å². The van der Waals surface area contributed by atoms with E-state index in [4.69, 9.17) is 10.5 Å². The molecular weight excluding hydrogens is 466 g/mol. The van der Waals surface area contributed by atoms with Gasteiger partial charge < -0.3 is 31.3 Å². The predicted molar refractivity (Wildman–Crippen MR) is 132 cm³/mol. The van der Waals surface area contributed by atoms with Gasteiger partial charge in [-0.25, -0.2) is 4.79 Å². The minimum Gasteiger partial charge on any atom is -0.444 e. The van der Waals surface area contributed by atoms with Crippen LogP contribution < -0.4 is 21.7 Å². The molecule has 1 aromatic carbocycles. The van der Waals surface area contributed by atoms with Crippen molar-refractivity contribution in [2.45, 2.75) is 83.6 Å². The van der Waals surface area contributed by atoms with Crippen molar-refractivity contribution in [2.24, 2.45) is 5.73 Å². The molecule has 1 heterocycles. The molecule has 198 valence electrons. The molecule has 0 spiro atoms. The number of rotatable bonds is 9. The highest BCUT2D eigenvalue weighted by atomic mass is 16.6. The molecule has 1 aromatic rings. The van der Waals surface area contributed by atoms with Crippen molar-refractivity contribution >= 4 is 29.7 Å². The molecule has 0 radical (unpaired) electrons. The summed E-state index contributed by atoms with van der Waals surface area (Å²) >= 11 is 0. The molecule has 11 nitrogen and oxygen atoms in total. The number of β-lactam (4-membered cyclic amide) rings is 1. The highest BCUT2D eigenvalue weighted by Crippen LogP contribution is 2.34. The first kappa shape index (κ1) is 28.6. The van der Waals surface area contributed by atoms with Gasteiger partial charge in [0.25, 0.3) is 5.91 Å². The number of carbonyl (C=O) groups is 5. The monoisotopic (exact) mass is 503 g/mol. The van der Waals surface area contributed by atoms with Gasteiger partial charge in [0, 0.05) is 6.42 Å². The number of likely N-dealkylation sites (tertiary alicyclic amines) is 1. The fourth-order valence-corrected chi connectivity index (χ4v) is 3.70. The van der Waals surface area contributed by atoms with E-state index in [9.17, 15) is 24.0 Å². The minimum atomic E-state index is -1.32. The van der Waals surface area contributed by atoms with Crippen molar-refractivity contribution in [1.82, 2.24) is 20.9 Å². The van der Waals surface area contributed by atoms with Crippen LogP contribution in [0.3, 0.4) is 0 Å². The smallest absolute Gasteiger partial charge is 0.408 e. The second kappa shape index (κ2) is 10.5. The Kier molecular flexibility index (Phi) is 8.38. The average Bonchev–Trinajstić information content (AvgIpc) is 2.75. The molecule has 0 bridgehead atoms. The van der Waals surface area contributed by atoms with Gasteiger partial charge in [0.2, 0.25) is 17.7 Å². The summed E-state index contributed by atoms with van der Waals surface area (Å²) in [5.74, 6) is -2.29. The van der Waals surface area contributed by atoms with Crippen LogP contribution in [0.5, 0.6) is 0 Å². The molecular formula is C25H37N5O6. The molecule has 5 N–H and O–H groups in total. The summed E-state index contributed by atoms with van der Waals surface area (Å²) in [5, 5.41) is 7.77. The lowest BCUT2D eigenvalue weighted by atomic mass is 9.78. The molecule has 11 heteroatoms. The maximum atomic E-state index is 13.6. The van der Waals surface area contributed by atoms with E-state index >= 15 is 0 Å². The van der Waals surface area contributed by atoms with Crippen LogP contribution in [0, 0.1) is 0 Å². The molecule has 0 aliphatic carbocycles. The Hall–Kier alpha value is -3.63. The maximum Gasteiger partial charge on any atom is 0.408 e. The molecule has 1 fully saturated rings. The first-order valence-corrected chi connectivity index (χ1v) is 11.8. The Balaban J connectivity index is 2.22. The Morgan fingerprint density at radius 1 is 1.03 bits per heavy atom. The minimum absolute atomic E-state index is 0.0387. The van der Waals surface area contributed by atoms with E-state index < -0.39 is 58.5 Å². The summed E-state index contributed by atoms with van der Waals surface area (Å²) in [7, 11) is 0. The van der Waals surface area contributed by atoms with Gasteiger partial charge in [-0.1, -0.05) is 30.3 Å². The second-order valence-electron chi connectivity index (χ2n) is 10.6. The molecule has 36 heavy (non-hydrogen) atoms. The number of nitrogens with one attached hydrogen (secondary N) is 3. The van der Waals surface area contributed by atoms with E-state index in [1.54, 1.807) is 34.6 Å². The fourth-order valence-electron chi connectivity index (χ4n) is 3.70. The fraction of sp³-hybridized carbons (Fsp3) is 0.560. The van der Waals surface area contributed by atoms with E-state index in [0.29, 0.717) is 0 Å². The number of primary amides is 1. The lowest BCUT2D eigenvalue weighted by Gasteiger charge is -2.55. The zero-order chi connectivity index (χ0) is 27.5. The lowest BCUT2D eigenvalue weighted by molar-refractivity contribution is -0.169. The number of nitrogens with two attached hydrogens (primary N) is 1. The van der Waals surface area contributed by atoms with Crippen LogP contribution in [0.1, 0.15) is 54.0 Å². The number of hydrogen-bond donors (Lipinski definition) is 4. The van der Waals surface area contributed by atoms with Crippen molar-refractivity contribution in [3.05, 3.63) is 35.9 Å². The number of hydrogen-bond acceptors (Lipinski definition) is 6. The first-order valence-electron chi connectivity index (χ1n) is 11.8. The molecule has 0 unspecified atom stereocenters. The van der Waals surface area contributed by atoms with E-state index in [-0.39, 0.29) is 13.0 Å². The Bertz CT molecular complexity index is 1020. The standard InChI is InChI=1S/C25H37N5O6/c1-15(18(26)31)27-20(33)24(6,7)30-14-25(21(30)34,13-17-11-9-8-10-12-17)29-19(32)16(2)28-22(35)36-23(3,4)5/h8-12,15-16H,13-14H2,1-7H3,(H2,26,31)(H,27,33)(H,28,35)(H,29,32)/t15-,16-,25-/m1/s1. The number of nitrogens with zero attached hydrogens (tertiary/aromatic N) is 1. The van der Waals surface area contributed by atoms with E-state index in [2.05, 4.69) is 16.0 Å². The lowest BCUT2D eigenvalue weighted by Crippen LogP contribution is -2.81. The quantitative estimate of drug-likeness (QED) is 0.361. The first-order chi connectivity index (χ1) is 16.5. The third kappa shape index (κ3) is 6.73. The van der Waals surface area contributed by atoms with Crippen LogP contribution in [0.2, 0.25) is 0 Å². The van der Waals surface area contributed by atoms with Crippen LogP contribution in [0.15, 0.2) is 30.3 Å². The summed E-state index contributed by atoms with van der Waals surface area (Å²) in [6, 6.07) is 7.24. The topological polar surface area (TPSA) is 160 Å². The van der Waals surface area contributed by atoms with Gasteiger partial charge in [0.15, 0.2) is 0 Å². The summed E-state index contributed by atoms with van der Waals surface area (Å²) in [5.41, 5.74) is 2.67. The van der Waals surface area contributed by atoms with E-state index in [1.165, 1.54) is 18.7 Å². The van der Waals surface area contributed by atoms with Crippen LogP contribution in [-0.4, -0.2) is 69.9 Å². The Labute approximate surface area is 211 Å². The SMILES string of the molecule is C[C@@H](NC(=O)C(C)(C)N1C[C@@](Cc2ccccc2)(NC(=O)[C@@H](C)NC(=O)OC(C)(C)C)C1=O)C(N)=O. The van der Waals surface area contributed by atoms with E-state index in [0.717, 1.165) is 5.56 Å². The largest absolute Gasteiger partial charge is 0.444 e. The molecule has 2 rings (SSSR count). The summed E-state index contributed by atoms with van der Waals surface area (Å²) in [6.07, 6.45) is -0.575. The summed E-state index contributed by atoms with van der Waals surface area (Å²) in [6.45, 7) is 11.2. The third-order valence-corrected chi connectivity index (χ3v) is 5.93. The van der Waals surface area contributed by atoms with Gasteiger partial charge in [-0.3, -0.25) is 19.2 Å². The van der Waals surface area contributed by atoms with Crippen LogP contribution in [0.4, 0.5) is 4.79 Å². The van der Waals surface area contributed by atoms with Crippen LogP contribution >= 0.6 is 0 Å². The molecule has 0 aromatic heterocycles. The van der Waals surface area contributed by atoms with E-state index in [1.807, 2.05) is 30.3 Å². The van der Waals surface area contributed by atoms with Gasteiger partial charge in [-0.05, 0) is 54.0 Å². The Morgan fingerprint density at radius 2 is 1.61 bits per heavy atom. The molecule has 1 aliphatic rings. The highest BCUT2D eigenvalue weighted by Gasteiger charge is 2.59. The molecule has 5 amide bonds. The number of benzene rings is 1. The van der Waals surface area contributed by atoms with Crippen molar-refractivity contribution in [1.29, 1.82) is 0 Å². The second-order valence-corrected chi connectivity index (χ2v) is 10.6. The van der Waals surface area contributed by atoms with Gasteiger partial charge in [0.05, 0.1) is 6.54 Å². The normalized spacial score (nSPS) is 19.4. The summed E-state index contributed by atoms with van der Waals surface area (Å²) < 4.78 is 5.20. The van der Waals surface area contributed by atoms with Crippen molar-refractivity contribution in [3.63, 3.8) is 0 Å². The van der Waals surface area contributed by atoms with Gasteiger partial charge >= 0.3 is 6.09 Å². The Morgan fingerprint density at radius 3 is 2.11 bits per heavy atom. The highest BCUT2D eigenvalue weighted by molar-refractivity contribution is 6.02. The van der Waals surface area contributed by atoms with Gasteiger partial charge in [-0.15, -0.1) is 0 Å². The molecule has 0 saturated carbocycles. The zero-order valence-electron chi connectivity index (χ0n) is 21.9. The van der Waals surface area contributed by atoms with Crippen LogP contribution in [-0.2, 0) is 30.3 Å².